The van der Waals surface area contributed by atoms with Crippen LogP contribution in [0.15, 0.2) is 24.4 Å². The van der Waals surface area contributed by atoms with Crippen LogP contribution in [0.1, 0.15) is 18.4 Å². The van der Waals surface area contributed by atoms with Crippen molar-refractivity contribution < 1.29 is 19.4 Å². The van der Waals surface area contributed by atoms with Crippen LogP contribution in [-0.4, -0.2) is 52.4 Å². The number of hydrogen-bond acceptors (Lipinski definition) is 6. The monoisotopic (exact) mass is 388 g/mol. The second-order valence-corrected chi connectivity index (χ2v) is 6.30. The Labute approximate surface area is 160 Å². The molecule has 3 rings (SSSR count). The normalized spacial score (nSPS) is 14.5. The number of nitrogens with zero attached hydrogens (tertiary/aromatic N) is 4. The number of carboxylic acid groups (broad SMARTS) is 1. The Balaban J connectivity index is 1.87. The zero-order valence-electron chi connectivity index (χ0n) is 14.6. The summed E-state index contributed by atoms with van der Waals surface area (Å²) in [6.45, 7) is 0.781. The van der Waals surface area contributed by atoms with Crippen LogP contribution in [-0.2, 0) is 0 Å². The lowest BCUT2D eigenvalue weighted by Crippen LogP contribution is -2.41. The zero-order chi connectivity index (χ0) is 19.4. The Morgan fingerprint density at radius 1 is 1.41 bits per heavy atom. The van der Waals surface area contributed by atoms with Crippen molar-refractivity contribution in [2.45, 2.75) is 18.9 Å². The molecule has 1 aliphatic rings. The van der Waals surface area contributed by atoms with Crippen molar-refractivity contribution in [3.8, 4) is 28.8 Å². The summed E-state index contributed by atoms with van der Waals surface area (Å²) in [6, 6.07) is 7.19. The number of amides is 1. The van der Waals surface area contributed by atoms with Gasteiger partial charge >= 0.3 is 6.09 Å². The summed E-state index contributed by atoms with van der Waals surface area (Å²) < 4.78 is 11.4. The summed E-state index contributed by atoms with van der Waals surface area (Å²) in [5, 5.41) is 18.7. The third kappa shape index (κ3) is 4.20. The van der Waals surface area contributed by atoms with E-state index in [-0.39, 0.29) is 11.4 Å². The Bertz CT molecular complexity index is 891. The smallest absolute Gasteiger partial charge is 0.407 e. The van der Waals surface area contributed by atoms with Crippen LogP contribution < -0.4 is 9.47 Å². The van der Waals surface area contributed by atoms with E-state index in [1.165, 1.54) is 18.2 Å². The molecule has 1 fully saturated rings. The van der Waals surface area contributed by atoms with E-state index in [1.807, 2.05) is 0 Å². The van der Waals surface area contributed by atoms with Crippen molar-refractivity contribution in [1.29, 1.82) is 5.26 Å². The lowest BCUT2D eigenvalue weighted by Gasteiger charge is -2.30. The van der Waals surface area contributed by atoms with Gasteiger partial charge < -0.3 is 19.5 Å². The quantitative estimate of drug-likeness (QED) is 0.801. The fraction of sp³-hybridized carbons (Fsp3) is 0.333. The Morgan fingerprint density at radius 3 is 2.74 bits per heavy atom. The SMILES string of the molecule is COc1cc(-c2ccnc(Cl)n2)cc(C#N)c1OC1CCN(C(=O)O)CC1. The number of ether oxygens (including phenoxy) is 2. The van der Waals surface area contributed by atoms with E-state index >= 15 is 0 Å². The summed E-state index contributed by atoms with van der Waals surface area (Å²) in [5.41, 5.74) is 1.52. The van der Waals surface area contributed by atoms with Gasteiger partial charge in [0.05, 0.1) is 18.4 Å². The van der Waals surface area contributed by atoms with E-state index in [2.05, 4.69) is 16.0 Å². The van der Waals surface area contributed by atoms with E-state index < -0.39 is 6.09 Å². The lowest BCUT2D eigenvalue weighted by atomic mass is 10.0. The number of piperidine rings is 1. The van der Waals surface area contributed by atoms with Crippen LogP contribution in [0.25, 0.3) is 11.3 Å². The maximum Gasteiger partial charge on any atom is 0.407 e. The molecule has 1 amide bonds. The predicted octanol–water partition coefficient (Wildman–Crippen LogP) is 3.20. The molecule has 0 unspecified atom stereocenters. The molecule has 1 aliphatic heterocycles. The summed E-state index contributed by atoms with van der Waals surface area (Å²) in [4.78, 5) is 20.4. The predicted molar refractivity (Wildman–Crippen MR) is 97.0 cm³/mol. The van der Waals surface area contributed by atoms with Gasteiger partial charge in [-0.1, -0.05) is 0 Å². The van der Waals surface area contributed by atoms with Crippen molar-refractivity contribution >= 4 is 17.7 Å². The van der Waals surface area contributed by atoms with E-state index in [4.69, 9.17) is 26.2 Å². The number of benzene rings is 1. The molecule has 1 saturated heterocycles. The highest BCUT2D eigenvalue weighted by molar-refractivity contribution is 6.28. The van der Waals surface area contributed by atoms with Crippen LogP contribution in [0.3, 0.4) is 0 Å². The molecule has 1 aromatic carbocycles. The third-order valence-electron chi connectivity index (χ3n) is 4.31. The van der Waals surface area contributed by atoms with Crippen molar-refractivity contribution in [1.82, 2.24) is 14.9 Å². The molecular formula is C18H17ClN4O4. The molecule has 2 aromatic rings. The van der Waals surface area contributed by atoms with Gasteiger partial charge in [-0.3, -0.25) is 0 Å². The van der Waals surface area contributed by atoms with Crippen LogP contribution >= 0.6 is 11.6 Å². The Kier molecular flexibility index (Phi) is 5.62. The van der Waals surface area contributed by atoms with Crippen molar-refractivity contribution in [2.24, 2.45) is 0 Å². The second kappa shape index (κ2) is 8.10. The summed E-state index contributed by atoms with van der Waals surface area (Å²) in [6.07, 6.45) is 1.49. The number of hydrogen-bond donors (Lipinski definition) is 1. The highest BCUT2D eigenvalue weighted by Gasteiger charge is 2.26. The molecule has 9 heteroatoms. The van der Waals surface area contributed by atoms with Crippen LogP contribution in [0, 0.1) is 11.3 Å². The van der Waals surface area contributed by atoms with Gasteiger partial charge in [0.1, 0.15) is 12.2 Å². The average Bonchev–Trinajstić information content (AvgIpc) is 2.68. The first-order chi connectivity index (χ1) is 13.0. The fourth-order valence-corrected chi connectivity index (χ4v) is 3.08. The first-order valence-electron chi connectivity index (χ1n) is 8.27. The molecule has 0 saturated carbocycles. The lowest BCUT2D eigenvalue weighted by molar-refractivity contribution is 0.0876. The number of aromatic nitrogens is 2. The zero-order valence-corrected chi connectivity index (χ0v) is 15.3. The first-order valence-corrected chi connectivity index (χ1v) is 8.65. The van der Waals surface area contributed by atoms with Crippen molar-refractivity contribution in [2.75, 3.05) is 20.2 Å². The van der Waals surface area contributed by atoms with Gasteiger partial charge in [0.15, 0.2) is 11.5 Å². The minimum Gasteiger partial charge on any atom is -0.493 e. The van der Waals surface area contributed by atoms with Gasteiger partial charge in [-0.2, -0.15) is 5.26 Å². The molecule has 27 heavy (non-hydrogen) atoms. The highest BCUT2D eigenvalue weighted by atomic mass is 35.5. The fourth-order valence-electron chi connectivity index (χ4n) is 2.93. The van der Waals surface area contributed by atoms with Gasteiger partial charge in [-0.25, -0.2) is 14.8 Å². The number of nitriles is 1. The molecule has 8 nitrogen and oxygen atoms in total. The molecule has 140 valence electrons. The molecular weight excluding hydrogens is 372 g/mol. The highest BCUT2D eigenvalue weighted by Crippen LogP contribution is 2.37. The topological polar surface area (TPSA) is 109 Å². The summed E-state index contributed by atoms with van der Waals surface area (Å²) >= 11 is 5.85. The standard InChI is InChI=1S/C18H17ClN4O4/c1-26-15-9-11(14-2-5-21-17(19)22-14)8-12(10-20)16(15)27-13-3-6-23(7-4-13)18(24)25/h2,5,8-9,13H,3-4,6-7H2,1H3,(H,24,25). The maximum absolute atomic E-state index is 11.0. The number of likely N-dealkylation sites (tertiary alicyclic amines) is 1. The minimum absolute atomic E-state index is 0.107. The third-order valence-corrected chi connectivity index (χ3v) is 4.50. The molecule has 2 heterocycles. The Hall–Kier alpha value is -3.05. The van der Waals surface area contributed by atoms with Crippen LogP contribution in [0.5, 0.6) is 11.5 Å². The number of methoxy groups -OCH3 is 1. The van der Waals surface area contributed by atoms with Gasteiger partial charge in [0.2, 0.25) is 5.28 Å². The molecule has 1 aromatic heterocycles. The summed E-state index contributed by atoms with van der Waals surface area (Å²) in [5.74, 6) is 0.747. The van der Waals surface area contributed by atoms with Crippen LogP contribution in [0.4, 0.5) is 4.79 Å². The van der Waals surface area contributed by atoms with E-state index in [9.17, 15) is 10.1 Å². The summed E-state index contributed by atoms with van der Waals surface area (Å²) in [7, 11) is 1.49. The molecule has 0 bridgehead atoms. The minimum atomic E-state index is -0.934. The Morgan fingerprint density at radius 2 is 2.15 bits per heavy atom. The molecule has 0 radical (unpaired) electrons. The van der Waals surface area contributed by atoms with Crippen LogP contribution in [0.2, 0.25) is 5.28 Å². The average molecular weight is 389 g/mol. The van der Waals surface area contributed by atoms with Gasteiger partial charge in [0.25, 0.3) is 0 Å². The van der Waals surface area contributed by atoms with Gasteiger partial charge in [-0.15, -0.1) is 0 Å². The van der Waals surface area contributed by atoms with E-state index in [0.717, 1.165) is 0 Å². The van der Waals surface area contributed by atoms with Crippen molar-refractivity contribution in [3.05, 3.63) is 35.2 Å². The van der Waals surface area contributed by atoms with E-state index in [0.29, 0.717) is 54.3 Å². The number of carbonyl (C=O) groups is 1. The number of halogens is 1. The van der Waals surface area contributed by atoms with Gasteiger partial charge in [0, 0.05) is 37.7 Å². The maximum atomic E-state index is 11.0. The molecule has 0 atom stereocenters. The van der Waals surface area contributed by atoms with Gasteiger partial charge in [-0.05, 0) is 29.8 Å². The first kappa shape index (κ1) is 18.7. The number of rotatable bonds is 4. The molecule has 0 aliphatic carbocycles. The molecule has 1 N–H and O–H groups in total. The largest absolute Gasteiger partial charge is 0.493 e. The van der Waals surface area contributed by atoms with Crippen molar-refractivity contribution in [3.63, 3.8) is 0 Å². The molecule has 0 spiro atoms. The van der Waals surface area contributed by atoms with E-state index in [1.54, 1.807) is 18.2 Å². The second-order valence-electron chi connectivity index (χ2n) is 5.96.